The molecular formula is C25H25ClN2O3. The Bertz CT molecular complexity index is 1070. The first-order valence-electron chi connectivity index (χ1n) is 10.0. The van der Waals surface area contributed by atoms with Crippen molar-refractivity contribution < 1.29 is 14.3 Å². The molecule has 0 aliphatic heterocycles. The molecule has 0 saturated heterocycles. The highest BCUT2D eigenvalue weighted by molar-refractivity contribution is 6.30. The number of benzene rings is 3. The van der Waals surface area contributed by atoms with Crippen LogP contribution >= 0.6 is 11.6 Å². The van der Waals surface area contributed by atoms with Crippen LogP contribution in [0.25, 0.3) is 0 Å². The summed E-state index contributed by atoms with van der Waals surface area (Å²) < 4.78 is 11.6. The van der Waals surface area contributed by atoms with Crippen molar-refractivity contribution in [2.75, 3.05) is 13.2 Å². The molecule has 0 spiro atoms. The number of aryl methyl sites for hydroxylation is 2. The first-order valence-corrected chi connectivity index (χ1v) is 10.4. The number of hydrogen-bond acceptors (Lipinski definition) is 4. The number of hydrogen-bond donors (Lipinski definition) is 1. The molecule has 160 valence electrons. The molecule has 5 nitrogen and oxygen atoms in total. The van der Waals surface area contributed by atoms with Crippen LogP contribution in [-0.2, 0) is 0 Å². The van der Waals surface area contributed by atoms with Gasteiger partial charge < -0.3 is 9.47 Å². The van der Waals surface area contributed by atoms with Crippen LogP contribution in [0.4, 0.5) is 0 Å². The van der Waals surface area contributed by atoms with E-state index in [2.05, 4.69) is 30.4 Å². The molecule has 0 aliphatic rings. The topological polar surface area (TPSA) is 59.9 Å². The van der Waals surface area contributed by atoms with Crippen LogP contribution in [0.3, 0.4) is 0 Å². The summed E-state index contributed by atoms with van der Waals surface area (Å²) in [6.45, 7) is 5.28. The van der Waals surface area contributed by atoms with Gasteiger partial charge in [0.1, 0.15) is 11.5 Å². The minimum absolute atomic E-state index is 0.324. The lowest BCUT2D eigenvalue weighted by atomic mass is 10.1. The summed E-state index contributed by atoms with van der Waals surface area (Å²) in [5, 5.41) is 4.50. The summed E-state index contributed by atoms with van der Waals surface area (Å²) in [5.74, 6) is 1.28. The Kier molecular flexibility index (Phi) is 8.07. The van der Waals surface area contributed by atoms with Gasteiger partial charge in [-0.3, -0.25) is 4.79 Å². The maximum absolute atomic E-state index is 12.1. The van der Waals surface area contributed by atoms with E-state index in [1.54, 1.807) is 30.5 Å². The van der Waals surface area contributed by atoms with Crippen molar-refractivity contribution in [2.45, 2.75) is 20.3 Å². The van der Waals surface area contributed by atoms with Gasteiger partial charge in [0.25, 0.3) is 5.91 Å². The van der Waals surface area contributed by atoms with E-state index in [-0.39, 0.29) is 5.91 Å². The van der Waals surface area contributed by atoms with Crippen LogP contribution in [0.5, 0.6) is 11.5 Å². The number of carbonyl (C=O) groups is 1. The molecule has 6 heteroatoms. The normalized spacial score (nSPS) is 10.8. The molecule has 0 aromatic heterocycles. The smallest absolute Gasteiger partial charge is 0.271 e. The minimum atomic E-state index is -0.324. The summed E-state index contributed by atoms with van der Waals surface area (Å²) >= 11 is 5.90. The van der Waals surface area contributed by atoms with Gasteiger partial charge in [-0.05, 0) is 73.0 Å². The highest BCUT2D eigenvalue weighted by atomic mass is 35.5. The molecule has 0 atom stereocenters. The van der Waals surface area contributed by atoms with E-state index < -0.39 is 0 Å². The molecule has 31 heavy (non-hydrogen) atoms. The Morgan fingerprint density at radius 2 is 1.68 bits per heavy atom. The molecule has 0 fully saturated rings. The summed E-state index contributed by atoms with van der Waals surface area (Å²) in [5.41, 5.74) is 6.23. The van der Waals surface area contributed by atoms with Crippen molar-refractivity contribution in [2.24, 2.45) is 5.10 Å². The van der Waals surface area contributed by atoms with E-state index in [1.807, 2.05) is 36.4 Å². The Morgan fingerprint density at radius 3 is 2.42 bits per heavy atom. The lowest BCUT2D eigenvalue weighted by molar-refractivity contribution is 0.0955. The molecular weight excluding hydrogens is 412 g/mol. The van der Waals surface area contributed by atoms with E-state index in [0.29, 0.717) is 23.8 Å². The summed E-state index contributed by atoms with van der Waals surface area (Å²) in [6, 6.07) is 20.3. The van der Waals surface area contributed by atoms with Gasteiger partial charge >= 0.3 is 0 Å². The van der Waals surface area contributed by atoms with E-state index in [1.165, 1.54) is 11.1 Å². The number of rotatable bonds is 9. The van der Waals surface area contributed by atoms with E-state index in [9.17, 15) is 4.79 Å². The highest BCUT2D eigenvalue weighted by Crippen LogP contribution is 2.17. The first-order chi connectivity index (χ1) is 15.0. The minimum Gasteiger partial charge on any atom is -0.493 e. The van der Waals surface area contributed by atoms with Crippen molar-refractivity contribution in [3.8, 4) is 11.5 Å². The SMILES string of the molecule is Cc1ccc(OCCCOc2cccc(C=NNC(=O)c3cccc(Cl)c3)c2)cc1C. The second-order valence-corrected chi connectivity index (χ2v) is 7.51. The molecule has 3 rings (SSSR count). The van der Waals surface area contributed by atoms with Crippen molar-refractivity contribution in [1.82, 2.24) is 5.43 Å². The molecule has 0 aliphatic carbocycles. The predicted molar refractivity (Wildman–Crippen MR) is 124 cm³/mol. The number of nitrogens with zero attached hydrogens (tertiary/aromatic N) is 1. The third kappa shape index (κ3) is 7.15. The largest absolute Gasteiger partial charge is 0.493 e. The van der Waals surface area contributed by atoms with Crippen LogP contribution in [-0.4, -0.2) is 25.3 Å². The van der Waals surface area contributed by atoms with Gasteiger partial charge in [0, 0.05) is 17.0 Å². The second-order valence-electron chi connectivity index (χ2n) is 7.08. The summed E-state index contributed by atoms with van der Waals surface area (Å²) in [4.78, 5) is 12.1. The number of nitrogens with one attached hydrogen (secondary N) is 1. The number of ether oxygens (including phenoxy) is 2. The molecule has 0 heterocycles. The second kappa shape index (κ2) is 11.2. The fourth-order valence-corrected chi connectivity index (χ4v) is 2.98. The van der Waals surface area contributed by atoms with Gasteiger partial charge in [0.05, 0.1) is 19.4 Å². The molecule has 1 N–H and O–H groups in total. The molecule has 1 amide bonds. The van der Waals surface area contributed by atoms with E-state index in [4.69, 9.17) is 21.1 Å². The average Bonchev–Trinajstić information content (AvgIpc) is 2.76. The molecule has 0 bridgehead atoms. The Labute approximate surface area is 187 Å². The van der Waals surface area contributed by atoms with Gasteiger partial charge in [-0.1, -0.05) is 35.9 Å². The maximum Gasteiger partial charge on any atom is 0.271 e. The van der Waals surface area contributed by atoms with Crippen molar-refractivity contribution in [3.63, 3.8) is 0 Å². The standard InChI is InChI=1S/C25H25ClN2O3/c1-18-10-11-24(14-19(18)2)31-13-5-12-30-23-9-3-6-20(15-23)17-27-28-25(29)21-7-4-8-22(26)16-21/h3-4,6-11,14-17H,5,12-13H2,1-2H3,(H,28,29). The molecule has 0 radical (unpaired) electrons. The van der Waals surface area contributed by atoms with Crippen molar-refractivity contribution in [3.05, 3.63) is 94.0 Å². The van der Waals surface area contributed by atoms with Crippen LogP contribution in [0, 0.1) is 13.8 Å². The van der Waals surface area contributed by atoms with Crippen LogP contribution < -0.4 is 14.9 Å². The van der Waals surface area contributed by atoms with Gasteiger partial charge in [-0.2, -0.15) is 5.10 Å². The zero-order valence-corrected chi connectivity index (χ0v) is 18.4. The molecule has 3 aromatic carbocycles. The highest BCUT2D eigenvalue weighted by Gasteiger charge is 2.04. The molecule has 3 aromatic rings. The fourth-order valence-electron chi connectivity index (χ4n) is 2.79. The lowest BCUT2D eigenvalue weighted by Crippen LogP contribution is -2.17. The Balaban J connectivity index is 1.42. The van der Waals surface area contributed by atoms with Gasteiger partial charge in [0.15, 0.2) is 0 Å². The third-order valence-electron chi connectivity index (χ3n) is 4.63. The van der Waals surface area contributed by atoms with Crippen molar-refractivity contribution in [1.29, 1.82) is 0 Å². The Morgan fingerprint density at radius 1 is 0.935 bits per heavy atom. The number of carbonyl (C=O) groups excluding carboxylic acids is 1. The quantitative estimate of drug-likeness (QED) is 0.271. The number of amides is 1. The predicted octanol–water partition coefficient (Wildman–Crippen LogP) is 5.57. The first kappa shape index (κ1) is 22.4. The van der Waals surface area contributed by atoms with Crippen LogP contribution in [0.15, 0.2) is 71.8 Å². The van der Waals surface area contributed by atoms with Crippen LogP contribution in [0.2, 0.25) is 5.02 Å². The summed E-state index contributed by atoms with van der Waals surface area (Å²) in [6.07, 6.45) is 2.33. The van der Waals surface area contributed by atoms with E-state index in [0.717, 1.165) is 23.5 Å². The van der Waals surface area contributed by atoms with Crippen LogP contribution in [0.1, 0.15) is 33.5 Å². The monoisotopic (exact) mass is 436 g/mol. The van der Waals surface area contributed by atoms with Gasteiger partial charge in [-0.25, -0.2) is 5.43 Å². The zero-order chi connectivity index (χ0) is 22.1. The molecule has 0 saturated carbocycles. The number of hydrazone groups is 1. The van der Waals surface area contributed by atoms with E-state index >= 15 is 0 Å². The van der Waals surface area contributed by atoms with Gasteiger partial charge in [-0.15, -0.1) is 0 Å². The fraction of sp³-hybridized carbons (Fsp3) is 0.200. The number of halogens is 1. The maximum atomic E-state index is 12.1. The lowest BCUT2D eigenvalue weighted by Gasteiger charge is -2.09. The third-order valence-corrected chi connectivity index (χ3v) is 4.86. The van der Waals surface area contributed by atoms with Gasteiger partial charge in [0.2, 0.25) is 0 Å². The van der Waals surface area contributed by atoms with Crippen molar-refractivity contribution >= 4 is 23.7 Å². The Hall–Kier alpha value is -3.31. The zero-order valence-electron chi connectivity index (χ0n) is 17.6. The molecule has 0 unspecified atom stereocenters. The summed E-state index contributed by atoms with van der Waals surface area (Å²) in [7, 11) is 0. The average molecular weight is 437 g/mol.